The second-order valence-corrected chi connectivity index (χ2v) is 8.01. The van der Waals surface area contributed by atoms with E-state index in [-0.39, 0.29) is 11.5 Å². The minimum atomic E-state index is -2.83. The van der Waals surface area contributed by atoms with Crippen molar-refractivity contribution < 1.29 is 8.42 Å². The van der Waals surface area contributed by atoms with Gasteiger partial charge in [0.15, 0.2) is 9.84 Å². The molecule has 1 aliphatic heterocycles. The second kappa shape index (κ2) is 5.33. The fourth-order valence-corrected chi connectivity index (χ4v) is 3.62. The van der Waals surface area contributed by atoms with E-state index in [9.17, 15) is 8.42 Å². The zero-order valence-corrected chi connectivity index (χ0v) is 12.6. The average molecular weight is 295 g/mol. The Balaban J connectivity index is 1.66. The van der Waals surface area contributed by atoms with Crippen molar-refractivity contribution in [2.75, 3.05) is 29.5 Å². The second-order valence-electron chi connectivity index (χ2n) is 5.71. The van der Waals surface area contributed by atoms with Crippen molar-refractivity contribution >= 4 is 15.7 Å². The number of rotatable bonds is 4. The van der Waals surface area contributed by atoms with Crippen molar-refractivity contribution in [2.45, 2.75) is 32.4 Å². The van der Waals surface area contributed by atoms with E-state index < -0.39 is 9.84 Å². The number of aryl methyl sites for hydroxylation is 1. The van der Waals surface area contributed by atoms with Gasteiger partial charge in [-0.05, 0) is 31.4 Å². The molecule has 5 nitrogen and oxygen atoms in total. The average Bonchev–Trinajstić information content (AvgIpc) is 3.21. The van der Waals surface area contributed by atoms with Crippen molar-refractivity contribution in [2.24, 2.45) is 0 Å². The van der Waals surface area contributed by atoms with Crippen LogP contribution in [0.1, 0.15) is 24.1 Å². The molecule has 6 heteroatoms. The maximum Gasteiger partial charge on any atom is 0.153 e. The third-order valence-corrected chi connectivity index (χ3v) is 5.62. The van der Waals surface area contributed by atoms with Gasteiger partial charge in [0.2, 0.25) is 0 Å². The van der Waals surface area contributed by atoms with Gasteiger partial charge in [0.25, 0.3) is 0 Å². The van der Waals surface area contributed by atoms with E-state index in [0.29, 0.717) is 19.1 Å². The molecule has 1 N–H and O–H groups in total. The SMILES string of the molecule is Cc1nc(N2CCS(=O)(=O)CC2)ccc1CNC1CC1. The van der Waals surface area contributed by atoms with Crippen LogP contribution in [-0.2, 0) is 16.4 Å². The van der Waals surface area contributed by atoms with Crippen LogP contribution in [-0.4, -0.2) is 44.0 Å². The Morgan fingerprint density at radius 2 is 2.00 bits per heavy atom. The third kappa shape index (κ3) is 3.30. The monoisotopic (exact) mass is 295 g/mol. The van der Waals surface area contributed by atoms with Gasteiger partial charge >= 0.3 is 0 Å². The van der Waals surface area contributed by atoms with Crippen molar-refractivity contribution in [1.29, 1.82) is 0 Å². The zero-order chi connectivity index (χ0) is 14.2. The Hall–Kier alpha value is -1.14. The van der Waals surface area contributed by atoms with Gasteiger partial charge in [-0.1, -0.05) is 6.07 Å². The van der Waals surface area contributed by atoms with Gasteiger partial charge in [0.1, 0.15) is 5.82 Å². The van der Waals surface area contributed by atoms with Crippen LogP contribution in [0.25, 0.3) is 0 Å². The molecule has 0 bridgehead atoms. The fourth-order valence-electron chi connectivity index (χ4n) is 2.42. The van der Waals surface area contributed by atoms with E-state index >= 15 is 0 Å². The van der Waals surface area contributed by atoms with Crippen LogP contribution in [0.5, 0.6) is 0 Å². The lowest BCUT2D eigenvalue weighted by Gasteiger charge is -2.28. The molecule has 0 atom stereocenters. The van der Waals surface area contributed by atoms with Gasteiger partial charge in [-0.25, -0.2) is 13.4 Å². The van der Waals surface area contributed by atoms with Crippen molar-refractivity contribution in [3.63, 3.8) is 0 Å². The predicted octanol–water partition coefficient (Wildman–Crippen LogP) is 0.877. The predicted molar refractivity (Wildman–Crippen MR) is 79.7 cm³/mol. The molecule has 0 radical (unpaired) electrons. The topological polar surface area (TPSA) is 62.3 Å². The Bertz CT molecular complexity index is 582. The van der Waals surface area contributed by atoms with Gasteiger partial charge in [0, 0.05) is 31.4 Å². The summed E-state index contributed by atoms with van der Waals surface area (Å²) in [5.41, 5.74) is 2.26. The highest BCUT2D eigenvalue weighted by Crippen LogP contribution is 2.21. The molecule has 3 rings (SSSR count). The quantitative estimate of drug-likeness (QED) is 0.893. The molecule has 1 aliphatic carbocycles. The zero-order valence-electron chi connectivity index (χ0n) is 11.8. The van der Waals surface area contributed by atoms with Crippen LogP contribution in [0.4, 0.5) is 5.82 Å². The number of pyridine rings is 1. The number of nitrogens with zero attached hydrogens (tertiary/aromatic N) is 2. The first-order valence-electron chi connectivity index (χ1n) is 7.19. The molecule has 1 aromatic heterocycles. The molecule has 0 aromatic carbocycles. The standard InChI is InChI=1S/C14H21N3O2S/c1-11-12(10-15-13-3-4-13)2-5-14(16-11)17-6-8-20(18,19)9-7-17/h2,5,13,15H,3-4,6-10H2,1H3. The number of hydrogen-bond acceptors (Lipinski definition) is 5. The van der Waals surface area contributed by atoms with Crippen LogP contribution in [0.15, 0.2) is 12.1 Å². The summed E-state index contributed by atoms with van der Waals surface area (Å²) < 4.78 is 22.9. The minimum Gasteiger partial charge on any atom is -0.355 e. The van der Waals surface area contributed by atoms with E-state index in [1.54, 1.807) is 0 Å². The summed E-state index contributed by atoms with van der Waals surface area (Å²) in [5.74, 6) is 1.37. The van der Waals surface area contributed by atoms with Crippen molar-refractivity contribution in [3.05, 3.63) is 23.4 Å². The van der Waals surface area contributed by atoms with Gasteiger partial charge < -0.3 is 10.2 Å². The highest BCUT2D eigenvalue weighted by atomic mass is 32.2. The van der Waals surface area contributed by atoms with Gasteiger partial charge in [-0.3, -0.25) is 0 Å². The molecule has 0 amide bonds. The Morgan fingerprint density at radius 3 is 2.60 bits per heavy atom. The number of anilines is 1. The van der Waals surface area contributed by atoms with Crippen LogP contribution in [0.2, 0.25) is 0 Å². The van der Waals surface area contributed by atoms with Crippen molar-refractivity contribution in [3.8, 4) is 0 Å². The maximum absolute atomic E-state index is 11.4. The minimum absolute atomic E-state index is 0.235. The summed E-state index contributed by atoms with van der Waals surface area (Å²) in [4.78, 5) is 6.70. The van der Waals surface area contributed by atoms with Gasteiger partial charge in [0.05, 0.1) is 11.5 Å². The molecule has 20 heavy (non-hydrogen) atoms. The molecule has 2 heterocycles. The van der Waals surface area contributed by atoms with Crippen LogP contribution >= 0.6 is 0 Å². The Labute approximate surface area is 120 Å². The molecular formula is C14H21N3O2S. The van der Waals surface area contributed by atoms with Crippen LogP contribution in [0.3, 0.4) is 0 Å². The van der Waals surface area contributed by atoms with Crippen molar-refractivity contribution in [1.82, 2.24) is 10.3 Å². The van der Waals surface area contributed by atoms with E-state index in [4.69, 9.17) is 0 Å². The largest absolute Gasteiger partial charge is 0.355 e. The summed E-state index contributed by atoms with van der Waals surface area (Å²) in [6.45, 7) is 4.00. The molecule has 1 saturated carbocycles. The first kappa shape index (κ1) is 13.8. The molecule has 0 unspecified atom stereocenters. The lowest BCUT2D eigenvalue weighted by Crippen LogP contribution is -2.40. The van der Waals surface area contributed by atoms with Gasteiger partial charge in [-0.15, -0.1) is 0 Å². The van der Waals surface area contributed by atoms with Crippen LogP contribution in [0, 0.1) is 6.92 Å². The summed E-state index contributed by atoms with van der Waals surface area (Å²) in [7, 11) is -2.83. The van der Waals surface area contributed by atoms with E-state index in [0.717, 1.165) is 18.1 Å². The van der Waals surface area contributed by atoms with Crippen LogP contribution < -0.4 is 10.2 Å². The summed E-state index contributed by atoms with van der Waals surface area (Å²) in [6.07, 6.45) is 2.57. The molecule has 2 aliphatic rings. The fraction of sp³-hybridized carbons (Fsp3) is 0.643. The number of sulfone groups is 1. The number of aromatic nitrogens is 1. The lowest BCUT2D eigenvalue weighted by atomic mass is 10.2. The first-order valence-corrected chi connectivity index (χ1v) is 9.01. The maximum atomic E-state index is 11.4. The summed E-state index contributed by atoms with van der Waals surface area (Å²) >= 11 is 0. The molecule has 2 fully saturated rings. The third-order valence-electron chi connectivity index (χ3n) is 4.01. The molecular weight excluding hydrogens is 274 g/mol. The highest BCUT2D eigenvalue weighted by molar-refractivity contribution is 7.91. The van der Waals surface area contributed by atoms with E-state index in [2.05, 4.69) is 21.3 Å². The normalized spacial score (nSPS) is 21.9. The van der Waals surface area contributed by atoms with E-state index in [1.807, 2.05) is 13.0 Å². The van der Waals surface area contributed by atoms with E-state index in [1.165, 1.54) is 18.4 Å². The van der Waals surface area contributed by atoms with Gasteiger partial charge in [-0.2, -0.15) is 0 Å². The molecule has 0 spiro atoms. The molecule has 1 saturated heterocycles. The summed E-state index contributed by atoms with van der Waals surface area (Å²) in [5, 5.41) is 3.49. The first-order chi connectivity index (χ1) is 9.53. The lowest BCUT2D eigenvalue weighted by molar-refractivity contribution is 0.586. The number of nitrogens with one attached hydrogen (secondary N) is 1. The molecule has 110 valence electrons. The Kier molecular flexibility index (Phi) is 3.69. The number of hydrogen-bond donors (Lipinski definition) is 1. The smallest absolute Gasteiger partial charge is 0.153 e. The summed E-state index contributed by atoms with van der Waals surface area (Å²) in [6, 6.07) is 4.81. The Morgan fingerprint density at radius 1 is 1.30 bits per heavy atom. The highest BCUT2D eigenvalue weighted by Gasteiger charge is 2.23. The molecule has 1 aromatic rings.